The molecule has 0 saturated heterocycles. The first-order valence-corrected chi connectivity index (χ1v) is 13.7. The fourth-order valence-corrected chi connectivity index (χ4v) is 9.89. The summed E-state index contributed by atoms with van der Waals surface area (Å²) in [5.41, 5.74) is 0.688. The lowest BCUT2D eigenvalue weighted by atomic mass is 9.41. The molecule has 180 valence electrons. The van der Waals surface area contributed by atoms with Gasteiger partial charge < -0.3 is 15.3 Å². The normalized spacial score (nSPS) is 50.4. The van der Waals surface area contributed by atoms with Gasteiger partial charge in [-0.3, -0.25) is 0 Å². The van der Waals surface area contributed by atoms with Crippen LogP contribution < -0.4 is 0 Å². The maximum absolute atomic E-state index is 11.8. The molecule has 0 aliphatic heterocycles. The van der Waals surface area contributed by atoms with Gasteiger partial charge in [-0.25, -0.2) is 0 Å². The molecule has 3 nitrogen and oxygen atoms in total. The largest absolute Gasteiger partial charge is 0.396 e. The second-order valence-corrected chi connectivity index (χ2v) is 12.7. The van der Waals surface area contributed by atoms with Gasteiger partial charge in [0, 0.05) is 6.61 Å². The Bertz CT molecular complexity index is 607. The van der Waals surface area contributed by atoms with E-state index < -0.39 is 0 Å². The minimum Gasteiger partial charge on any atom is -0.396 e. The van der Waals surface area contributed by atoms with Crippen LogP contribution in [-0.4, -0.2) is 34.1 Å². The van der Waals surface area contributed by atoms with Crippen molar-refractivity contribution in [1.82, 2.24) is 0 Å². The third-order valence-electron chi connectivity index (χ3n) is 11.5. The van der Waals surface area contributed by atoms with Crippen LogP contribution in [0.15, 0.2) is 0 Å². The maximum atomic E-state index is 11.8. The van der Waals surface area contributed by atoms with Gasteiger partial charge in [0.1, 0.15) is 0 Å². The van der Waals surface area contributed by atoms with Crippen LogP contribution in [0.25, 0.3) is 0 Å². The van der Waals surface area contributed by atoms with E-state index in [9.17, 15) is 10.2 Å². The molecule has 0 bridgehead atoms. The second kappa shape index (κ2) is 9.26. The lowest BCUT2D eigenvalue weighted by Crippen LogP contribution is -2.62. The van der Waals surface area contributed by atoms with Gasteiger partial charge in [-0.05, 0) is 104 Å². The molecule has 3 N–H and O–H groups in total. The molecule has 4 rings (SSSR count). The molecular weight excluding hydrogens is 384 g/mol. The molecule has 11 unspecified atom stereocenters. The zero-order valence-corrected chi connectivity index (χ0v) is 20.7. The van der Waals surface area contributed by atoms with Gasteiger partial charge in [-0.2, -0.15) is 0 Å². The average molecular weight is 435 g/mol. The summed E-state index contributed by atoms with van der Waals surface area (Å²) in [5.74, 6) is 4.17. The van der Waals surface area contributed by atoms with Gasteiger partial charge in [0.15, 0.2) is 0 Å². The standard InChI is InChI=1S/C28H50O3/c1-5-20-24-17-19(30)12-14-28(24,4)23-13-15-27(3)21(18(2)9-7-6-8-16-29)10-11-22(27)25(23)26(20)31/h18-26,29-31H,5-17H2,1-4H3. The smallest absolute Gasteiger partial charge is 0.0605 e. The van der Waals surface area contributed by atoms with Gasteiger partial charge in [0.2, 0.25) is 0 Å². The number of fused-ring (bicyclic) bond motifs is 5. The third-order valence-corrected chi connectivity index (χ3v) is 11.5. The van der Waals surface area contributed by atoms with E-state index >= 15 is 0 Å². The fraction of sp³-hybridized carbons (Fsp3) is 1.00. The Hall–Kier alpha value is -0.120. The second-order valence-electron chi connectivity index (χ2n) is 12.7. The summed E-state index contributed by atoms with van der Waals surface area (Å²) < 4.78 is 0. The van der Waals surface area contributed by atoms with Crippen molar-refractivity contribution >= 4 is 0 Å². The Morgan fingerprint density at radius 3 is 2.29 bits per heavy atom. The Morgan fingerprint density at radius 1 is 0.871 bits per heavy atom. The van der Waals surface area contributed by atoms with E-state index in [0.717, 1.165) is 50.4 Å². The monoisotopic (exact) mass is 434 g/mol. The topological polar surface area (TPSA) is 60.7 Å². The highest BCUT2D eigenvalue weighted by Gasteiger charge is 2.64. The molecule has 0 aromatic rings. The molecule has 3 heteroatoms. The Balaban J connectivity index is 1.55. The van der Waals surface area contributed by atoms with Crippen molar-refractivity contribution in [2.45, 2.75) is 117 Å². The zero-order valence-electron chi connectivity index (χ0n) is 20.7. The van der Waals surface area contributed by atoms with E-state index in [0.29, 0.717) is 47.0 Å². The van der Waals surface area contributed by atoms with Crippen LogP contribution in [-0.2, 0) is 0 Å². The Labute approximate surface area is 191 Å². The summed E-state index contributed by atoms with van der Waals surface area (Å²) in [6.45, 7) is 10.2. The molecule has 4 aliphatic carbocycles. The highest BCUT2D eigenvalue weighted by Crippen LogP contribution is 2.69. The average Bonchev–Trinajstić information content (AvgIpc) is 3.10. The van der Waals surface area contributed by atoms with Crippen molar-refractivity contribution < 1.29 is 15.3 Å². The molecule has 4 aliphatic rings. The van der Waals surface area contributed by atoms with Gasteiger partial charge in [0.25, 0.3) is 0 Å². The molecule has 31 heavy (non-hydrogen) atoms. The summed E-state index contributed by atoms with van der Waals surface area (Å²) >= 11 is 0. The summed E-state index contributed by atoms with van der Waals surface area (Å²) in [4.78, 5) is 0. The van der Waals surface area contributed by atoms with Crippen LogP contribution in [0.3, 0.4) is 0 Å². The van der Waals surface area contributed by atoms with Gasteiger partial charge >= 0.3 is 0 Å². The molecule has 0 aromatic carbocycles. The Morgan fingerprint density at radius 2 is 1.58 bits per heavy atom. The van der Waals surface area contributed by atoms with Crippen molar-refractivity contribution in [2.24, 2.45) is 52.3 Å². The summed E-state index contributed by atoms with van der Waals surface area (Å²) in [5, 5.41) is 31.3. The fourth-order valence-electron chi connectivity index (χ4n) is 9.89. The third kappa shape index (κ3) is 3.93. The minimum absolute atomic E-state index is 0.160. The molecule has 0 radical (unpaired) electrons. The molecule has 4 saturated carbocycles. The van der Waals surface area contributed by atoms with E-state index in [-0.39, 0.29) is 12.2 Å². The Kier molecular flexibility index (Phi) is 7.17. The lowest BCUT2D eigenvalue weighted by Gasteiger charge is -2.64. The van der Waals surface area contributed by atoms with E-state index in [2.05, 4.69) is 27.7 Å². The number of hydrogen-bond donors (Lipinski definition) is 3. The lowest BCUT2D eigenvalue weighted by molar-refractivity contribution is -0.203. The SMILES string of the molecule is CCC1C(O)C2C3CCC(C(C)CCCCCO)C3(C)CCC2C2(C)CCC(O)CC12. The molecular formula is C28H50O3. The number of aliphatic hydroxyl groups excluding tert-OH is 3. The molecule has 0 heterocycles. The highest BCUT2D eigenvalue weighted by molar-refractivity contribution is 5.13. The molecule has 0 amide bonds. The predicted molar refractivity (Wildman–Crippen MR) is 126 cm³/mol. The summed E-state index contributed by atoms with van der Waals surface area (Å²) in [6.07, 6.45) is 13.6. The first-order valence-electron chi connectivity index (χ1n) is 13.7. The van der Waals surface area contributed by atoms with Crippen LogP contribution in [0.5, 0.6) is 0 Å². The van der Waals surface area contributed by atoms with Crippen molar-refractivity contribution in [3.05, 3.63) is 0 Å². The van der Waals surface area contributed by atoms with E-state index in [4.69, 9.17) is 5.11 Å². The van der Waals surface area contributed by atoms with Crippen LogP contribution >= 0.6 is 0 Å². The van der Waals surface area contributed by atoms with Gasteiger partial charge in [-0.1, -0.05) is 53.4 Å². The first-order chi connectivity index (χ1) is 14.8. The summed E-state index contributed by atoms with van der Waals surface area (Å²) in [6, 6.07) is 0. The van der Waals surface area contributed by atoms with Crippen molar-refractivity contribution in [1.29, 1.82) is 0 Å². The number of hydrogen-bond acceptors (Lipinski definition) is 3. The minimum atomic E-state index is -0.179. The first kappa shape index (κ1) is 24.0. The van der Waals surface area contributed by atoms with Crippen LogP contribution in [0, 0.1) is 52.3 Å². The van der Waals surface area contributed by atoms with Gasteiger partial charge in [-0.15, -0.1) is 0 Å². The maximum Gasteiger partial charge on any atom is 0.0605 e. The van der Waals surface area contributed by atoms with Crippen molar-refractivity contribution in [3.63, 3.8) is 0 Å². The van der Waals surface area contributed by atoms with E-state index in [1.54, 1.807) is 0 Å². The number of unbranched alkanes of at least 4 members (excludes halogenated alkanes) is 2. The van der Waals surface area contributed by atoms with E-state index in [1.165, 1.54) is 38.5 Å². The molecule has 4 fully saturated rings. The molecule has 0 spiro atoms. The quantitative estimate of drug-likeness (QED) is 0.444. The predicted octanol–water partition coefficient (Wildman–Crippen LogP) is 5.80. The number of aliphatic hydroxyl groups is 3. The van der Waals surface area contributed by atoms with E-state index in [1.807, 2.05) is 0 Å². The molecule has 0 aromatic heterocycles. The zero-order chi connectivity index (χ0) is 22.4. The molecule has 11 atom stereocenters. The summed E-state index contributed by atoms with van der Waals surface area (Å²) in [7, 11) is 0. The van der Waals surface area contributed by atoms with Crippen molar-refractivity contribution in [3.8, 4) is 0 Å². The van der Waals surface area contributed by atoms with Crippen molar-refractivity contribution in [2.75, 3.05) is 6.61 Å². The van der Waals surface area contributed by atoms with Crippen LogP contribution in [0.4, 0.5) is 0 Å². The number of rotatable bonds is 7. The van der Waals surface area contributed by atoms with Crippen LogP contribution in [0.1, 0.15) is 105 Å². The highest BCUT2D eigenvalue weighted by atomic mass is 16.3. The van der Waals surface area contributed by atoms with Crippen LogP contribution in [0.2, 0.25) is 0 Å². The van der Waals surface area contributed by atoms with Gasteiger partial charge in [0.05, 0.1) is 12.2 Å².